The maximum Gasteiger partial charge on any atom is 0.509 e. The Morgan fingerprint density at radius 2 is 2.13 bits per heavy atom. The van der Waals surface area contributed by atoms with E-state index in [1.807, 2.05) is 6.92 Å². The van der Waals surface area contributed by atoms with Gasteiger partial charge < -0.3 is 24.1 Å². The molecule has 0 radical (unpaired) electrons. The van der Waals surface area contributed by atoms with E-state index in [1.54, 1.807) is 20.8 Å². The zero-order chi connectivity index (χ0) is 22.8. The van der Waals surface area contributed by atoms with Crippen LogP contribution in [0.25, 0.3) is 11.2 Å². The predicted molar refractivity (Wildman–Crippen MR) is 108 cm³/mol. The number of rotatable bonds is 7. The molecule has 4 atom stereocenters. The molecule has 2 unspecified atom stereocenters. The third kappa shape index (κ3) is 5.34. The van der Waals surface area contributed by atoms with Gasteiger partial charge in [-0.15, -0.1) is 0 Å². The van der Waals surface area contributed by atoms with Crippen molar-refractivity contribution in [3.8, 4) is 5.88 Å². The smallest absolute Gasteiger partial charge is 0.476 e. The van der Waals surface area contributed by atoms with Gasteiger partial charge in [-0.1, -0.05) is 13.3 Å². The number of halogens is 2. The number of alkyl halides is 1. The van der Waals surface area contributed by atoms with Crippen molar-refractivity contribution in [3.05, 3.63) is 11.6 Å². The Morgan fingerprint density at radius 1 is 1.39 bits per heavy atom. The van der Waals surface area contributed by atoms with E-state index in [0.717, 1.165) is 12.8 Å². The first-order chi connectivity index (χ1) is 14.6. The molecule has 0 amide bonds. The van der Waals surface area contributed by atoms with Crippen LogP contribution in [0.1, 0.15) is 46.8 Å². The minimum atomic E-state index is -1.83. The summed E-state index contributed by atoms with van der Waals surface area (Å²) in [7, 11) is 0. The second kappa shape index (κ2) is 9.49. The van der Waals surface area contributed by atoms with E-state index < -0.39 is 43.0 Å². The van der Waals surface area contributed by atoms with Gasteiger partial charge in [0.1, 0.15) is 11.7 Å². The molecule has 0 aliphatic carbocycles. The van der Waals surface area contributed by atoms with Gasteiger partial charge in [0.15, 0.2) is 29.7 Å². The van der Waals surface area contributed by atoms with Crippen LogP contribution in [0.15, 0.2) is 6.33 Å². The molecule has 2 aromatic heterocycles. The molecule has 3 rings (SSSR count). The molecule has 2 aromatic rings. The monoisotopic (exact) mass is 460 g/mol. The molecular formula is C19H26ClFN4O6. The Morgan fingerprint density at radius 3 is 2.77 bits per heavy atom. The Balaban J connectivity index is 1.86. The van der Waals surface area contributed by atoms with Crippen molar-refractivity contribution < 1.29 is 33.2 Å². The average Bonchev–Trinajstić information content (AvgIpc) is 3.22. The number of ether oxygens (including phenoxy) is 4. The second-order valence-electron chi connectivity index (χ2n) is 8.06. The van der Waals surface area contributed by atoms with Crippen molar-refractivity contribution in [2.75, 3.05) is 13.2 Å². The number of fused-ring (bicyclic) bond motifs is 1. The highest BCUT2D eigenvalue weighted by Crippen LogP contribution is 2.36. The van der Waals surface area contributed by atoms with Crippen LogP contribution in [0, 0.1) is 0 Å². The molecule has 0 spiro atoms. The molecule has 3 heterocycles. The van der Waals surface area contributed by atoms with E-state index in [4.69, 9.17) is 30.5 Å². The van der Waals surface area contributed by atoms with E-state index in [0.29, 0.717) is 6.61 Å². The summed E-state index contributed by atoms with van der Waals surface area (Å²) in [5, 5.41) is 9.52. The summed E-state index contributed by atoms with van der Waals surface area (Å²) < 4.78 is 38.1. The minimum absolute atomic E-state index is 0.102. The summed E-state index contributed by atoms with van der Waals surface area (Å²) in [5.41, 5.74) is -0.346. The summed E-state index contributed by atoms with van der Waals surface area (Å²) >= 11 is 6.02. The van der Waals surface area contributed by atoms with Gasteiger partial charge in [-0.2, -0.15) is 9.97 Å². The van der Waals surface area contributed by atoms with Crippen LogP contribution in [-0.2, 0) is 14.2 Å². The van der Waals surface area contributed by atoms with E-state index in [-0.39, 0.29) is 22.3 Å². The van der Waals surface area contributed by atoms with Crippen molar-refractivity contribution in [2.45, 2.75) is 70.7 Å². The third-order valence-electron chi connectivity index (χ3n) is 4.44. The number of hydrogen-bond donors (Lipinski definition) is 1. The second-order valence-corrected chi connectivity index (χ2v) is 8.40. The number of imidazole rings is 1. The van der Waals surface area contributed by atoms with Crippen molar-refractivity contribution in [2.24, 2.45) is 0 Å². The molecule has 31 heavy (non-hydrogen) atoms. The van der Waals surface area contributed by atoms with E-state index in [9.17, 15) is 9.90 Å². The van der Waals surface area contributed by atoms with Gasteiger partial charge in [-0.25, -0.2) is 14.2 Å². The fourth-order valence-electron chi connectivity index (χ4n) is 3.06. The molecule has 1 aliphatic heterocycles. The predicted octanol–water partition coefficient (Wildman–Crippen LogP) is 3.21. The van der Waals surface area contributed by atoms with Gasteiger partial charge in [0.25, 0.3) is 0 Å². The number of hydrogen-bond acceptors (Lipinski definition) is 9. The van der Waals surface area contributed by atoms with Crippen LogP contribution in [0.5, 0.6) is 5.88 Å². The van der Waals surface area contributed by atoms with Crippen molar-refractivity contribution in [3.63, 3.8) is 0 Å². The fourth-order valence-corrected chi connectivity index (χ4v) is 3.21. The lowest BCUT2D eigenvalue weighted by molar-refractivity contribution is -0.0682. The zero-order valence-corrected chi connectivity index (χ0v) is 18.5. The Bertz CT molecular complexity index is 921. The molecule has 0 bridgehead atoms. The maximum atomic E-state index is 15.3. The van der Waals surface area contributed by atoms with Gasteiger partial charge in [-0.3, -0.25) is 4.57 Å². The first-order valence-electron chi connectivity index (χ1n) is 9.97. The van der Waals surface area contributed by atoms with Crippen LogP contribution < -0.4 is 4.74 Å². The molecule has 0 aromatic carbocycles. The van der Waals surface area contributed by atoms with Crippen molar-refractivity contribution in [1.82, 2.24) is 19.5 Å². The number of aromatic nitrogens is 4. The molecule has 10 nitrogen and oxygen atoms in total. The molecule has 1 aliphatic rings. The van der Waals surface area contributed by atoms with Crippen LogP contribution >= 0.6 is 11.6 Å². The Hall–Kier alpha value is -2.24. The highest BCUT2D eigenvalue weighted by molar-refractivity contribution is 6.28. The average molecular weight is 461 g/mol. The van der Waals surface area contributed by atoms with Gasteiger partial charge in [0.2, 0.25) is 11.2 Å². The lowest BCUT2D eigenvalue weighted by Gasteiger charge is -2.23. The summed E-state index contributed by atoms with van der Waals surface area (Å²) in [5.74, 6) is 0.177. The van der Waals surface area contributed by atoms with Gasteiger partial charge in [0, 0.05) is 0 Å². The summed E-state index contributed by atoms with van der Waals surface area (Å²) in [6, 6.07) is 0. The molecule has 1 saturated heterocycles. The topological polar surface area (TPSA) is 118 Å². The Labute approximate surface area is 183 Å². The molecule has 172 valence electrons. The van der Waals surface area contributed by atoms with Gasteiger partial charge in [-0.05, 0) is 38.8 Å². The maximum absolute atomic E-state index is 15.3. The van der Waals surface area contributed by atoms with Crippen molar-refractivity contribution >= 4 is 28.9 Å². The van der Waals surface area contributed by atoms with Crippen molar-refractivity contribution in [1.29, 1.82) is 0 Å². The van der Waals surface area contributed by atoms with Crippen LogP contribution in [-0.4, -0.2) is 68.0 Å². The highest BCUT2D eigenvalue weighted by Gasteiger charge is 2.49. The SMILES string of the molecule is CCCCOc1nc(Cl)nc2c1ncn2[C@@H]1OC(CO)C(OC(=O)OC(C)(C)C)[C@@H]1F. The lowest BCUT2D eigenvalue weighted by atomic mass is 10.1. The first-order valence-corrected chi connectivity index (χ1v) is 10.3. The van der Waals surface area contributed by atoms with E-state index in [1.165, 1.54) is 10.9 Å². The minimum Gasteiger partial charge on any atom is -0.476 e. The van der Waals surface area contributed by atoms with Gasteiger partial charge >= 0.3 is 6.16 Å². The summed E-state index contributed by atoms with van der Waals surface area (Å²) in [6.07, 6.45) is -3.62. The lowest BCUT2D eigenvalue weighted by Crippen LogP contribution is -2.37. The van der Waals surface area contributed by atoms with E-state index in [2.05, 4.69) is 15.0 Å². The number of aliphatic hydroxyl groups is 1. The molecule has 1 fully saturated rings. The summed E-state index contributed by atoms with van der Waals surface area (Å²) in [4.78, 5) is 24.4. The molecular weight excluding hydrogens is 435 g/mol. The Kier molecular flexibility index (Phi) is 7.17. The number of carbonyl (C=O) groups excluding carboxylic acids is 1. The standard InChI is InChI=1S/C19H26ClFN4O6/c1-5-6-7-28-15-12-14(23-17(20)24-15)25(9-22-12)16-11(21)13(10(8-26)29-16)30-18(27)31-19(2,3)4/h9-11,13,16,26H,5-8H2,1-4H3/t10?,11-,13?,16+/m0/s1. The molecule has 12 heteroatoms. The molecule has 0 saturated carbocycles. The number of aliphatic hydroxyl groups excluding tert-OH is 1. The number of nitrogens with zero attached hydrogens (tertiary/aromatic N) is 4. The van der Waals surface area contributed by atoms with Crippen LogP contribution in [0.4, 0.5) is 9.18 Å². The van der Waals surface area contributed by atoms with E-state index >= 15 is 4.39 Å². The molecule has 1 N–H and O–H groups in total. The quantitative estimate of drug-likeness (QED) is 0.377. The van der Waals surface area contributed by atoms with Gasteiger partial charge in [0.05, 0.1) is 19.5 Å². The summed E-state index contributed by atoms with van der Waals surface area (Å²) in [6.45, 7) is 6.82. The largest absolute Gasteiger partial charge is 0.509 e. The fraction of sp³-hybridized carbons (Fsp3) is 0.684. The van der Waals surface area contributed by atoms with Crippen LogP contribution in [0.3, 0.4) is 0 Å². The normalized spacial score (nSPS) is 23.8. The first kappa shape index (κ1) is 23.4. The van der Waals surface area contributed by atoms with Crippen LogP contribution in [0.2, 0.25) is 5.28 Å². The number of carbonyl (C=O) groups is 1. The third-order valence-corrected chi connectivity index (χ3v) is 4.61. The zero-order valence-electron chi connectivity index (χ0n) is 17.7. The number of unbranched alkanes of at least 4 members (excludes halogenated alkanes) is 1. The highest BCUT2D eigenvalue weighted by atomic mass is 35.5.